The molecule has 1 aliphatic rings. The molecule has 0 aromatic rings. The fourth-order valence-electron chi connectivity index (χ4n) is 1.64. The molecule has 1 fully saturated rings. The van der Waals surface area contributed by atoms with Gasteiger partial charge in [-0.1, -0.05) is 19.3 Å². The molecular weight excluding hydrogens is 140 g/mol. The van der Waals surface area contributed by atoms with Gasteiger partial charge in [-0.05, 0) is 12.8 Å². The topological polar surface area (TPSA) is 44.3 Å². The number of hydrogen-bond donors (Lipinski definition) is 3. The summed E-state index contributed by atoms with van der Waals surface area (Å²) >= 11 is 0. The van der Waals surface area contributed by atoms with E-state index in [1.807, 2.05) is 0 Å². The molecule has 3 heteroatoms. The molecule has 0 unspecified atom stereocenters. The van der Waals surface area contributed by atoms with Crippen LogP contribution in [0.4, 0.5) is 0 Å². The van der Waals surface area contributed by atoms with Crippen molar-refractivity contribution in [1.82, 2.24) is 10.8 Å². The van der Waals surface area contributed by atoms with Crippen molar-refractivity contribution in [3.8, 4) is 0 Å². The van der Waals surface area contributed by atoms with Gasteiger partial charge in [0.1, 0.15) is 0 Å². The van der Waals surface area contributed by atoms with Gasteiger partial charge in [-0.2, -0.15) is 0 Å². The quantitative estimate of drug-likeness (QED) is 0.420. The zero-order valence-corrected chi connectivity index (χ0v) is 6.97. The van der Waals surface area contributed by atoms with Crippen molar-refractivity contribution in [2.75, 3.05) is 13.1 Å². The Morgan fingerprint density at radius 2 is 1.82 bits per heavy atom. The first-order valence-electron chi connectivity index (χ1n) is 4.54. The van der Waals surface area contributed by atoms with Crippen LogP contribution in [0.5, 0.6) is 0 Å². The van der Waals surface area contributed by atoms with Crippen molar-refractivity contribution in [2.24, 2.45) is 0 Å². The molecule has 11 heavy (non-hydrogen) atoms. The van der Waals surface area contributed by atoms with Gasteiger partial charge in [-0.3, -0.25) is 0 Å². The van der Waals surface area contributed by atoms with Crippen LogP contribution in [0, 0.1) is 0 Å². The average Bonchev–Trinajstić information content (AvgIpc) is 2.07. The molecule has 0 bridgehead atoms. The molecule has 0 heterocycles. The first kappa shape index (κ1) is 8.97. The first-order chi connectivity index (χ1) is 5.43. The maximum absolute atomic E-state index is 8.31. The van der Waals surface area contributed by atoms with Gasteiger partial charge in [0.25, 0.3) is 0 Å². The van der Waals surface area contributed by atoms with Crippen molar-refractivity contribution < 1.29 is 5.21 Å². The summed E-state index contributed by atoms with van der Waals surface area (Å²) in [5.74, 6) is 0. The Kier molecular flexibility index (Phi) is 4.50. The van der Waals surface area contributed by atoms with E-state index in [2.05, 4.69) is 10.8 Å². The summed E-state index contributed by atoms with van der Waals surface area (Å²) in [6, 6.07) is 0.706. The monoisotopic (exact) mass is 158 g/mol. The Hall–Kier alpha value is -0.120. The van der Waals surface area contributed by atoms with Crippen LogP contribution >= 0.6 is 0 Å². The summed E-state index contributed by atoms with van der Waals surface area (Å²) in [7, 11) is 0. The lowest BCUT2D eigenvalue weighted by molar-refractivity contribution is 0.165. The molecule has 0 aromatic carbocycles. The van der Waals surface area contributed by atoms with E-state index in [1.54, 1.807) is 0 Å². The van der Waals surface area contributed by atoms with E-state index in [4.69, 9.17) is 5.21 Å². The SMILES string of the molecule is ONCCNC1CCCCC1. The van der Waals surface area contributed by atoms with Gasteiger partial charge in [0.05, 0.1) is 0 Å². The molecule has 0 aromatic heterocycles. The summed E-state index contributed by atoms with van der Waals surface area (Å²) in [4.78, 5) is 0. The molecule has 0 atom stereocenters. The molecule has 66 valence electrons. The summed E-state index contributed by atoms with van der Waals surface area (Å²) in [5, 5.41) is 11.7. The predicted molar refractivity (Wildman–Crippen MR) is 44.7 cm³/mol. The van der Waals surface area contributed by atoms with Crippen molar-refractivity contribution in [3.05, 3.63) is 0 Å². The smallest absolute Gasteiger partial charge is 0.0332 e. The van der Waals surface area contributed by atoms with E-state index in [9.17, 15) is 0 Å². The fraction of sp³-hybridized carbons (Fsp3) is 1.00. The molecule has 1 rings (SSSR count). The summed E-state index contributed by atoms with van der Waals surface area (Å²) in [6.45, 7) is 1.53. The van der Waals surface area contributed by atoms with Crippen molar-refractivity contribution in [1.29, 1.82) is 0 Å². The minimum atomic E-state index is 0.649. The molecule has 0 amide bonds. The zero-order valence-electron chi connectivity index (χ0n) is 6.97. The second-order valence-corrected chi connectivity index (χ2v) is 3.20. The first-order valence-corrected chi connectivity index (χ1v) is 4.54. The van der Waals surface area contributed by atoms with Crippen LogP contribution in [0.25, 0.3) is 0 Å². The number of rotatable bonds is 4. The van der Waals surface area contributed by atoms with Gasteiger partial charge in [0.2, 0.25) is 0 Å². The second-order valence-electron chi connectivity index (χ2n) is 3.20. The molecular formula is C8H18N2O. The predicted octanol–water partition coefficient (Wildman–Crippen LogP) is 0.887. The van der Waals surface area contributed by atoms with Crippen molar-refractivity contribution in [2.45, 2.75) is 38.1 Å². The zero-order chi connectivity index (χ0) is 7.94. The molecule has 3 N–H and O–H groups in total. The highest BCUT2D eigenvalue weighted by Gasteiger charge is 2.11. The lowest BCUT2D eigenvalue weighted by atomic mass is 9.96. The Morgan fingerprint density at radius 3 is 2.45 bits per heavy atom. The van der Waals surface area contributed by atoms with Crippen LogP contribution in [0.2, 0.25) is 0 Å². The Bertz CT molecular complexity index is 92.1. The van der Waals surface area contributed by atoms with Crippen molar-refractivity contribution >= 4 is 0 Å². The van der Waals surface area contributed by atoms with Gasteiger partial charge < -0.3 is 10.5 Å². The number of hydroxylamine groups is 1. The van der Waals surface area contributed by atoms with Crippen molar-refractivity contribution in [3.63, 3.8) is 0 Å². The van der Waals surface area contributed by atoms with Gasteiger partial charge in [-0.25, -0.2) is 5.48 Å². The second kappa shape index (κ2) is 5.52. The third kappa shape index (κ3) is 3.70. The van der Waals surface area contributed by atoms with E-state index in [-0.39, 0.29) is 0 Å². The molecule has 0 saturated heterocycles. The van der Waals surface area contributed by atoms with Gasteiger partial charge in [0.15, 0.2) is 0 Å². The highest BCUT2D eigenvalue weighted by atomic mass is 16.5. The lowest BCUT2D eigenvalue weighted by Crippen LogP contribution is -2.35. The van der Waals surface area contributed by atoms with E-state index in [1.165, 1.54) is 32.1 Å². The molecule has 0 radical (unpaired) electrons. The summed E-state index contributed by atoms with van der Waals surface area (Å²) < 4.78 is 0. The summed E-state index contributed by atoms with van der Waals surface area (Å²) in [5.41, 5.74) is 2.14. The summed E-state index contributed by atoms with van der Waals surface area (Å²) in [6.07, 6.45) is 6.75. The normalized spacial score (nSPS) is 20.5. The Balaban J connectivity index is 1.96. The third-order valence-electron chi connectivity index (χ3n) is 2.27. The number of nitrogens with one attached hydrogen (secondary N) is 2. The third-order valence-corrected chi connectivity index (χ3v) is 2.27. The molecule has 0 aliphatic heterocycles. The van der Waals surface area contributed by atoms with E-state index in [0.29, 0.717) is 12.6 Å². The maximum atomic E-state index is 8.31. The highest BCUT2D eigenvalue weighted by molar-refractivity contribution is 4.71. The van der Waals surface area contributed by atoms with Crippen LogP contribution in [0.15, 0.2) is 0 Å². The largest absolute Gasteiger partial charge is 0.317 e. The minimum Gasteiger partial charge on any atom is -0.317 e. The fourth-order valence-corrected chi connectivity index (χ4v) is 1.64. The molecule has 3 nitrogen and oxygen atoms in total. The van der Waals surface area contributed by atoms with Gasteiger partial charge >= 0.3 is 0 Å². The number of hydrogen-bond acceptors (Lipinski definition) is 3. The van der Waals surface area contributed by atoms with E-state index in [0.717, 1.165) is 6.54 Å². The van der Waals surface area contributed by atoms with Crippen LogP contribution in [-0.4, -0.2) is 24.3 Å². The van der Waals surface area contributed by atoms with Gasteiger partial charge in [0, 0.05) is 19.1 Å². The van der Waals surface area contributed by atoms with Crippen LogP contribution in [-0.2, 0) is 0 Å². The van der Waals surface area contributed by atoms with Crippen LogP contribution in [0.3, 0.4) is 0 Å². The van der Waals surface area contributed by atoms with Crippen LogP contribution in [0.1, 0.15) is 32.1 Å². The Labute approximate surface area is 68.1 Å². The highest BCUT2D eigenvalue weighted by Crippen LogP contribution is 2.16. The average molecular weight is 158 g/mol. The Morgan fingerprint density at radius 1 is 1.09 bits per heavy atom. The van der Waals surface area contributed by atoms with Crippen LogP contribution < -0.4 is 10.8 Å². The molecule has 0 spiro atoms. The minimum absolute atomic E-state index is 0.649. The van der Waals surface area contributed by atoms with E-state index < -0.39 is 0 Å². The van der Waals surface area contributed by atoms with E-state index >= 15 is 0 Å². The van der Waals surface area contributed by atoms with Gasteiger partial charge in [-0.15, -0.1) is 0 Å². The maximum Gasteiger partial charge on any atom is 0.0332 e. The lowest BCUT2D eigenvalue weighted by Gasteiger charge is -2.22. The standard InChI is InChI=1S/C8H18N2O/c11-10-7-6-9-8-4-2-1-3-5-8/h8-11H,1-7H2. The molecule has 1 saturated carbocycles. The molecule has 1 aliphatic carbocycles.